The number of anilines is 1. The van der Waals surface area contributed by atoms with Gasteiger partial charge in [0, 0.05) is 37.6 Å². The predicted molar refractivity (Wildman–Crippen MR) is 80.6 cm³/mol. The van der Waals surface area contributed by atoms with E-state index in [1.165, 1.54) is 0 Å². The van der Waals surface area contributed by atoms with Crippen molar-refractivity contribution in [2.24, 2.45) is 5.92 Å². The summed E-state index contributed by atoms with van der Waals surface area (Å²) in [7, 11) is 0. The Labute approximate surface area is 121 Å². The average molecular weight is 278 g/mol. The van der Waals surface area contributed by atoms with Crippen molar-refractivity contribution in [3.8, 4) is 0 Å². The highest BCUT2D eigenvalue weighted by atomic mass is 16.3. The van der Waals surface area contributed by atoms with Crippen molar-refractivity contribution in [3.63, 3.8) is 0 Å². The van der Waals surface area contributed by atoms with Crippen molar-refractivity contribution in [1.82, 2.24) is 15.3 Å². The van der Waals surface area contributed by atoms with Gasteiger partial charge in [0.05, 0.1) is 5.60 Å². The van der Waals surface area contributed by atoms with E-state index in [0.717, 1.165) is 44.0 Å². The molecule has 1 aromatic rings. The molecule has 0 spiro atoms. The predicted octanol–water partition coefficient (Wildman–Crippen LogP) is 1.57. The van der Waals surface area contributed by atoms with Crippen LogP contribution in [0.5, 0.6) is 0 Å². The first-order valence-electron chi connectivity index (χ1n) is 7.45. The fourth-order valence-electron chi connectivity index (χ4n) is 2.50. The molecule has 2 heterocycles. The molecule has 5 nitrogen and oxygen atoms in total. The summed E-state index contributed by atoms with van der Waals surface area (Å²) in [5, 5.41) is 13.5. The van der Waals surface area contributed by atoms with Crippen molar-refractivity contribution >= 4 is 5.95 Å². The Morgan fingerprint density at radius 3 is 2.70 bits per heavy atom. The highest BCUT2D eigenvalue weighted by Gasteiger charge is 2.29. The van der Waals surface area contributed by atoms with Crippen molar-refractivity contribution < 1.29 is 5.11 Å². The number of hydrogen-bond acceptors (Lipinski definition) is 5. The number of nitrogens with one attached hydrogen (secondary N) is 1. The Morgan fingerprint density at radius 2 is 2.10 bits per heavy atom. The highest BCUT2D eigenvalue weighted by Crippen LogP contribution is 2.22. The van der Waals surface area contributed by atoms with Crippen LogP contribution in [-0.2, 0) is 6.54 Å². The third kappa shape index (κ3) is 4.42. The summed E-state index contributed by atoms with van der Waals surface area (Å²) in [5.41, 5.74) is 0.470. The lowest BCUT2D eigenvalue weighted by molar-refractivity contribution is 0.0444. The van der Waals surface area contributed by atoms with Crippen LogP contribution in [0.3, 0.4) is 0 Å². The Morgan fingerprint density at radius 1 is 1.40 bits per heavy atom. The van der Waals surface area contributed by atoms with Gasteiger partial charge in [-0.25, -0.2) is 9.97 Å². The van der Waals surface area contributed by atoms with E-state index >= 15 is 0 Å². The summed E-state index contributed by atoms with van der Waals surface area (Å²) in [6, 6.07) is 0. The molecular weight excluding hydrogens is 252 g/mol. The molecule has 1 aliphatic rings. The molecule has 1 fully saturated rings. The Bertz CT molecular complexity index is 416. The minimum absolute atomic E-state index is 0.609. The molecule has 1 aliphatic heterocycles. The Kier molecular flexibility index (Phi) is 4.94. The summed E-state index contributed by atoms with van der Waals surface area (Å²) in [6.07, 6.45) is 5.58. The summed E-state index contributed by atoms with van der Waals surface area (Å²) < 4.78 is 0. The molecule has 2 rings (SSSR count). The van der Waals surface area contributed by atoms with Crippen LogP contribution < -0.4 is 10.2 Å². The third-order valence-corrected chi connectivity index (χ3v) is 3.53. The maximum Gasteiger partial charge on any atom is 0.225 e. The van der Waals surface area contributed by atoms with E-state index in [-0.39, 0.29) is 0 Å². The van der Waals surface area contributed by atoms with Crippen LogP contribution in [0.2, 0.25) is 0 Å². The van der Waals surface area contributed by atoms with Crippen molar-refractivity contribution in [1.29, 1.82) is 0 Å². The van der Waals surface area contributed by atoms with Gasteiger partial charge in [0.1, 0.15) is 0 Å². The number of nitrogens with zero attached hydrogens (tertiary/aromatic N) is 3. The quantitative estimate of drug-likeness (QED) is 0.856. The molecule has 1 atom stereocenters. The van der Waals surface area contributed by atoms with E-state index in [1.54, 1.807) is 0 Å². The van der Waals surface area contributed by atoms with Crippen molar-refractivity contribution in [2.75, 3.05) is 24.5 Å². The number of rotatable bonds is 5. The van der Waals surface area contributed by atoms with Gasteiger partial charge in [-0.05, 0) is 32.2 Å². The lowest BCUT2D eigenvalue weighted by Gasteiger charge is -2.36. The van der Waals surface area contributed by atoms with Gasteiger partial charge in [0.2, 0.25) is 5.95 Å². The third-order valence-electron chi connectivity index (χ3n) is 3.53. The second kappa shape index (κ2) is 6.50. The first-order chi connectivity index (χ1) is 9.46. The second-order valence-corrected chi connectivity index (χ2v) is 6.44. The Balaban J connectivity index is 1.91. The molecule has 112 valence electrons. The van der Waals surface area contributed by atoms with E-state index in [2.05, 4.69) is 34.0 Å². The maximum atomic E-state index is 10.1. The smallest absolute Gasteiger partial charge is 0.225 e. The molecular formula is C15H26N4O. The summed E-state index contributed by atoms with van der Waals surface area (Å²) in [4.78, 5) is 10.9. The monoisotopic (exact) mass is 278 g/mol. The maximum absolute atomic E-state index is 10.1. The molecule has 20 heavy (non-hydrogen) atoms. The molecule has 0 aromatic carbocycles. The lowest BCUT2D eigenvalue weighted by atomic mass is 9.95. The number of hydrogen-bond donors (Lipinski definition) is 2. The van der Waals surface area contributed by atoms with Gasteiger partial charge in [-0.2, -0.15) is 0 Å². The molecule has 0 aliphatic carbocycles. The van der Waals surface area contributed by atoms with Crippen LogP contribution in [0.1, 0.15) is 39.2 Å². The molecule has 1 unspecified atom stereocenters. The summed E-state index contributed by atoms with van der Waals surface area (Å²) >= 11 is 0. The van der Waals surface area contributed by atoms with Crippen LogP contribution in [0.15, 0.2) is 12.4 Å². The van der Waals surface area contributed by atoms with E-state index in [9.17, 15) is 5.11 Å². The molecule has 0 radical (unpaired) electrons. The number of piperidine rings is 1. The van der Waals surface area contributed by atoms with Crippen LogP contribution in [0.4, 0.5) is 5.95 Å². The van der Waals surface area contributed by atoms with E-state index < -0.39 is 5.60 Å². The minimum atomic E-state index is -0.626. The highest BCUT2D eigenvalue weighted by molar-refractivity contribution is 5.31. The summed E-state index contributed by atoms with van der Waals surface area (Å²) in [5.74, 6) is 1.36. The largest absolute Gasteiger partial charge is 0.388 e. The zero-order chi connectivity index (χ0) is 14.6. The molecule has 1 aromatic heterocycles. The standard InChI is InChI=1S/C15H26N4O/c1-12(2)7-16-8-13-9-17-14(18-10-13)19-6-4-5-15(3,20)11-19/h9-10,12,16,20H,4-8,11H2,1-3H3. The van der Waals surface area contributed by atoms with E-state index in [1.807, 2.05) is 19.3 Å². The first-order valence-corrected chi connectivity index (χ1v) is 7.45. The second-order valence-electron chi connectivity index (χ2n) is 6.44. The minimum Gasteiger partial charge on any atom is -0.388 e. The van der Waals surface area contributed by atoms with Crippen LogP contribution >= 0.6 is 0 Å². The number of aromatic nitrogens is 2. The number of β-amino-alcohol motifs (C(OH)–C–C–N with tert-alkyl or cyclic N) is 1. The van der Waals surface area contributed by atoms with Crippen molar-refractivity contribution in [3.05, 3.63) is 18.0 Å². The van der Waals surface area contributed by atoms with Gasteiger partial charge in [-0.3, -0.25) is 0 Å². The molecule has 0 amide bonds. The first kappa shape index (κ1) is 15.2. The molecule has 5 heteroatoms. The summed E-state index contributed by atoms with van der Waals surface area (Å²) in [6.45, 7) is 9.58. The van der Waals surface area contributed by atoms with Gasteiger partial charge in [-0.15, -0.1) is 0 Å². The van der Waals surface area contributed by atoms with E-state index in [0.29, 0.717) is 12.5 Å². The van der Waals surface area contributed by atoms with Crippen LogP contribution in [-0.4, -0.2) is 40.3 Å². The zero-order valence-electron chi connectivity index (χ0n) is 12.8. The number of aliphatic hydroxyl groups is 1. The Hall–Kier alpha value is -1.20. The fraction of sp³-hybridized carbons (Fsp3) is 0.733. The zero-order valence-corrected chi connectivity index (χ0v) is 12.8. The topological polar surface area (TPSA) is 61.3 Å². The fourth-order valence-corrected chi connectivity index (χ4v) is 2.50. The van der Waals surface area contributed by atoms with Gasteiger partial charge in [0.25, 0.3) is 0 Å². The van der Waals surface area contributed by atoms with E-state index in [4.69, 9.17) is 0 Å². The normalized spacial score (nSPS) is 23.4. The van der Waals surface area contributed by atoms with Crippen LogP contribution in [0.25, 0.3) is 0 Å². The average Bonchev–Trinajstić information content (AvgIpc) is 2.38. The molecule has 0 saturated carbocycles. The van der Waals surface area contributed by atoms with Gasteiger partial charge < -0.3 is 15.3 Å². The SMILES string of the molecule is CC(C)CNCc1cnc(N2CCCC(C)(O)C2)nc1. The van der Waals surface area contributed by atoms with Crippen LogP contribution in [0, 0.1) is 5.92 Å². The molecule has 1 saturated heterocycles. The molecule has 2 N–H and O–H groups in total. The lowest BCUT2D eigenvalue weighted by Crippen LogP contribution is -2.46. The van der Waals surface area contributed by atoms with Crippen molar-refractivity contribution in [2.45, 2.75) is 45.8 Å². The van der Waals surface area contributed by atoms with Gasteiger partial charge >= 0.3 is 0 Å². The molecule has 0 bridgehead atoms. The van der Waals surface area contributed by atoms with Gasteiger partial charge in [-0.1, -0.05) is 13.8 Å². The van der Waals surface area contributed by atoms with Gasteiger partial charge in [0.15, 0.2) is 0 Å².